The van der Waals surface area contributed by atoms with Crippen molar-refractivity contribution in [2.24, 2.45) is 0 Å². The van der Waals surface area contributed by atoms with Crippen molar-refractivity contribution >= 4 is 17.3 Å². The van der Waals surface area contributed by atoms with E-state index in [0.29, 0.717) is 23.6 Å². The quantitative estimate of drug-likeness (QED) is 0.616. The molecule has 100 valence electrons. The van der Waals surface area contributed by atoms with Crippen LogP contribution in [0.5, 0.6) is 0 Å². The molecule has 0 amide bonds. The van der Waals surface area contributed by atoms with Crippen LogP contribution in [0.2, 0.25) is 5.02 Å². The zero-order chi connectivity index (χ0) is 13.7. The van der Waals surface area contributed by atoms with Crippen LogP contribution in [0.25, 0.3) is 0 Å². The van der Waals surface area contributed by atoms with Gasteiger partial charge in [0.15, 0.2) is 0 Å². The topological polar surface area (TPSA) is 75.4 Å². The zero-order valence-electron chi connectivity index (χ0n) is 10.4. The molecule has 0 saturated heterocycles. The number of aliphatic hydroxyl groups excluding tert-OH is 1. The number of nitrogens with zero attached hydrogens (tertiary/aromatic N) is 1. The number of nitro groups is 1. The summed E-state index contributed by atoms with van der Waals surface area (Å²) in [7, 11) is 0. The van der Waals surface area contributed by atoms with Crippen LogP contribution in [0.1, 0.15) is 25.8 Å². The molecule has 1 aromatic rings. The fraction of sp³-hybridized carbons (Fsp3) is 0.500. The van der Waals surface area contributed by atoms with Gasteiger partial charge in [0.25, 0.3) is 5.69 Å². The van der Waals surface area contributed by atoms with E-state index in [2.05, 4.69) is 5.32 Å². The maximum Gasteiger partial charge on any atom is 0.269 e. The lowest BCUT2D eigenvalue weighted by atomic mass is 10.1. The number of non-ortho nitro benzene ring substituents is 1. The number of hydrogen-bond acceptors (Lipinski definition) is 4. The lowest BCUT2D eigenvalue weighted by Crippen LogP contribution is -2.28. The van der Waals surface area contributed by atoms with Crippen LogP contribution in [-0.4, -0.2) is 22.2 Å². The summed E-state index contributed by atoms with van der Waals surface area (Å²) in [4.78, 5) is 10.2. The molecular weight excluding hydrogens is 256 g/mol. The maximum atomic E-state index is 10.7. The molecule has 0 aliphatic carbocycles. The number of rotatable bonds is 6. The number of halogens is 1. The molecule has 0 heterocycles. The third-order valence-electron chi connectivity index (χ3n) is 2.58. The highest BCUT2D eigenvalue weighted by Gasteiger charge is 2.11. The van der Waals surface area contributed by atoms with E-state index < -0.39 is 4.92 Å². The zero-order valence-corrected chi connectivity index (χ0v) is 11.1. The summed E-state index contributed by atoms with van der Waals surface area (Å²) in [5.74, 6) is 0. The van der Waals surface area contributed by atoms with Crippen molar-refractivity contribution in [3.8, 4) is 0 Å². The fourth-order valence-electron chi connectivity index (χ4n) is 1.69. The minimum atomic E-state index is -0.445. The van der Waals surface area contributed by atoms with Crippen LogP contribution in [0.4, 0.5) is 5.69 Å². The first kappa shape index (κ1) is 14.9. The Labute approximate surface area is 111 Å². The summed E-state index contributed by atoms with van der Waals surface area (Å²) in [5, 5.41) is 23.6. The van der Waals surface area contributed by atoms with Gasteiger partial charge in [-0.05, 0) is 31.9 Å². The van der Waals surface area contributed by atoms with Gasteiger partial charge in [-0.15, -0.1) is 0 Å². The molecule has 2 N–H and O–H groups in total. The molecule has 0 fully saturated rings. The van der Waals surface area contributed by atoms with E-state index in [1.807, 2.05) is 6.92 Å². The molecule has 0 aromatic heterocycles. The molecule has 1 rings (SSSR count). The van der Waals surface area contributed by atoms with Crippen LogP contribution in [0.3, 0.4) is 0 Å². The van der Waals surface area contributed by atoms with Gasteiger partial charge in [-0.25, -0.2) is 0 Å². The van der Waals surface area contributed by atoms with Crippen molar-refractivity contribution in [2.75, 3.05) is 0 Å². The molecule has 6 heteroatoms. The Morgan fingerprint density at radius 2 is 2.17 bits per heavy atom. The van der Waals surface area contributed by atoms with Gasteiger partial charge in [-0.2, -0.15) is 0 Å². The standard InChI is InChI=1S/C12H17ClN2O3/c1-8(5-9(2)16)14-7-10-6-11(15(17)18)3-4-12(10)13/h3-4,6,8-9,14,16H,5,7H2,1-2H3. The minimum Gasteiger partial charge on any atom is -0.393 e. The van der Waals surface area contributed by atoms with Crippen molar-refractivity contribution in [3.63, 3.8) is 0 Å². The smallest absolute Gasteiger partial charge is 0.269 e. The van der Waals surface area contributed by atoms with Crippen molar-refractivity contribution in [1.82, 2.24) is 5.32 Å². The lowest BCUT2D eigenvalue weighted by Gasteiger charge is -2.15. The first-order valence-electron chi connectivity index (χ1n) is 5.74. The predicted molar refractivity (Wildman–Crippen MR) is 70.7 cm³/mol. The molecule has 5 nitrogen and oxygen atoms in total. The maximum absolute atomic E-state index is 10.7. The van der Waals surface area contributed by atoms with E-state index >= 15 is 0 Å². The van der Waals surface area contributed by atoms with Crippen LogP contribution in [0, 0.1) is 10.1 Å². The first-order valence-corrected chi connectivity index (χ1v) is 6.12. The molecular formula is C12H17ClN2O3. The van der Waals surface area contributed by atoms with Crippen LogP contribution in [0.15, 0.2) is 18.2 Å². The Kier molecular flexibility index (Phi) is 5.53. The molecule has 0 radical (unpaired) electrons. The van der Waals surface area contributed by atoms with Crippen LogP contribution in [-0.2, 0) is 6.54 Å². The highest BCUT2D eigenvalue weighted by molar-refractivity contribution is 6.31. The molecule has 0 aliphatic rings. The van der Waals surface area contributed by atoms with E-state index in [-0.39, 0.29) is 17.8 Å². The number of nitro benzene ring substituents is 1. The second-order valence-corrected chi connectivity index (χ2v) is 4.81. The Bertz CT molecular complexity index is 424. The second kappa shape index (κ2) is 6.68. The van der Waals surface area contributed by atoms with E-state index in [4.69, 9.17) is 11.6 Å². The summed E-state index contributed by atoms with van der Waals surface area (Å²) in [6.07, 6.45) is 0.236. The van der Waals surface area contributed by atoms with Crippen LogP contribution >= 0.6 is 11.6 Å². The summed E-state index contributed by atoms with van der Waals surface area (Å²) in [6.45, 7) is 4.10. The third-order valence-corrected chi connectivity index (χ3v) is 2.94. The Hall–Kier alpha value is -1.17. The Morgan fingerprint density at radius 3 is 2.72 bits per heavy atom. The van der Waals surface area contributed by atoms with E-state index in [9.17, 15) is 15.2 Å². The number of nitrogens with one attached hydrogen (secondary N) is 1. The normalized spacial score (nSPS) is 14.2. The average molecular weight is 273 g/mol. The molecule has 2 unspecified atom stereocenters. The minimum absolute atomic E-state index is 0.0272. The van der Waals surface area contributed by atoms with Crippen molar-refractivity contribution in [1.29, 1.82) is 0 Å². The van der Waals surface area contributed by atoms with Crippen molar-refractivity contribution < 1.29 is 10.0 Å². The van der Waals surface area contributed by atoms with Gasteiger partial charge in [0.1, 0.15) is 0 Å². The van der Waals surface area contributed by atoms with E-state index in [1.165, 1.54) is 18.2 Å². The fourth-order valence-corrected chi connectivity index (χ4v) is 1.87. The van der Waals surface area contributed by atoms with E-state index in [1.54, 1.807) is 6.92 Å². The van der Waals surface area contributed by atoms with Crippen molar-refractivity contribution in [2.45, 2.75) is 39.0 Å². The molecule has 1 aromatic carbocycles. The van der Waals surface area contributed by atoms with Crippen LogP contribution < -0.4 is 5.32 Å². The predicted octanol–water partition coefficient (Wildman–Crippen LogP) is 2.50. The molecule has 18 heavy (non-hydrogen) atoms. The van der Waals surface area contributed by atoms with Gasteiger partial charge < -0.3 is 10.4 Å². The summed E-state index contributed by atoms with van der Waals surface area (Å²) in [5.41, 5.74) is 0.711. The molecule has 0 saturated carbocycles. The Balaban J connectivity index is 2.66. The molecule has 0 spiro atoms. The highest BCUT2D eigenvalue weighted by Crippen LogP contribution is 2.22. The average Bonchev–Trinajstić information content (AvgIpc) is 2.26. The van der Waals surface area contributed by atoms with Gasteiger partial charge >= 0.3 is 0 Å². The summed E-state index contributed by atoms with van der Waals surface area (Å²) in [6, 6.07) is 4.48. The Morgan fingerprint density at radius 1 is 1.50 bits per heavy atom. The van der Waals surface area contributed by atoms with Gasteiger partial charge in [-0.1, -0.05) is 11.6 Å². The van der Waals surface area contributed by atoms with Gasteiger partial charge in [0.2, 0.25) is 0 Å². The second-order valence-electron chi connectivity index (χ2n) is 4.40. The third kappa shape index (κ3) is 4.60. The molecule has 0 bridgehead atoms. The highest BCUT2D eigenvalue weighted by atomic mass is 35.5. The monoisotopic (exact) mass is 272 g/mol. The van der Waals surface area contributed by atoms with Gasteiger partial charge in [0, 0.05) is 29.7 Å². The van der Waals surface area contributed by atoms with Gasteiger partial charge in [0.05, 0.1) is 11.0 Å². The summed E-state index contributed by atoms with van der Waals surface area (Å²) >= 11 is 5.98. The molecule has 0 aliphatic heterocycles. The van der Waals surface area contributed by atoms with E-state index in [0.717, 1.165) is 0 Å². The first-order chi connectivity index (χ1) is 8.40. The number of benzene rings is 1. The SMILES string of the molecule is CC(O)CC(C)NCc1cc([N+](=O)[O-])ccc1Cl. The summed E-state index contributed by atoms with van der Waals surface area (Å²) < 4.78 is 0. The largest absolute Gasteiger partial charge is 0.393 e. The molecule has 2 atom stereocenters. The van der Waals surface area contributed by atoms with Gasteiger partial charge in [-0.3, -0.25) is 10.1 Å². The number of hydrogen-bond donors (Lipinski definition) is 2. The number of aliphatic hydroxyl groups is 1. The lowest BCUT2D eigenvalue weighted by molar-refractivity contribution is -0.384. The van der Waals surface area contributed by atoms with Crippen molar-refractivity contribution in [3.05, 3.63) is 38.9 Å².